The van der Waals surface area contributed by atoms with Crippen LogP contribution < -0.4 is 0 Å². The first-order valence-corrected chi connectivity index (χ1v) is 6.89. The monoisotopic (exact) mass is 428 g/mol. The van der Waals surface area contributed by atoms with Gasteiger partial charge in [0.2, 0.25) is 0 Å². The minimum atomic E-state index is -7.23. The summed E-state index contributed by atoms with van der Waals surface area (Å²) in [5.41, 5.74) is -5.89. The van der Waals surface area contributed by atoms with E-state index in [1.54, 1.807) is 0 Å². The summed E-state index contributed by atoms with van der Waals surface area (Å²) in [5.74, 6) is -21.2. The van der Waals surface area contributed by atoms with E-state index in [0.717, 1.165) is 20.8 Å². The van der Waals surface area contributed by atoms with Gasteiger partial charge in [0.25, 0.3) is 0 Å². The molecular weight excluding hydrogens is 413 g/mol. The second kappa shape index (κ2) is 6.92. The lowest BCUT2D eigenvalue weighted by Crippen LogP contribution is -2.65. The van der Waals surface area contributed by atoms with Crippen LogP contribution in [0, 0.1) is 5.92 Å². The molecule has 3 nitrogen and oxygen atoms in total. The average molecular weight is 428 g/mol. The Balaban J connectivity index is 6.31. The number of alkyl halides is 11. The van der Waals surface area contributed by atoms with Crippen molar-refractivity contribution in [2.24, 2.45) is 5.92 Å². The molecule has 162 valence electrons. The lowest BCUT2D eigenvalue weighted by Gasteiger charge is -2.40. The second-order valence-corrected chi connectivity index (χ2v) is 6.77. The van der Waals surface area contributed by atoms with Crippen LogP contribution in [0.5, 0.6) is 0 Å². The predicted molar refractivity (Wildman–Crippen MR) is 66.9 cm³/mol. The molecule has 0 spiro atoms. The van der Waals surface area contributed by atoms with Crippen molar-refractivity contribution in [1.82, 2.24) is 0 Å². The summed E-state index contributed by atoms with van der Waals surface area (Å²) in [6, 6.07) is 0. The zero-order valence-corrected chi connectivity index (χ0v) is 14.1. The van der Waals surface area contributed by atoms with Crippen molar-refractivity contribution in [3.63, 3.8) is 0 Å². The van der Waals surface area contributed by atoms with Gasteiger partial charge in [-0.25, -0.2) is 9.18 Å². The third-order valence-electron chi connectivity index (χ3n) is 3.18. The minimum absolute atomic E-state index is 0.187. The van der Waals surface area contributed by atoms with Crippen molar-refractivity contribution in [1.29, 1.82) is 0 Å². The topological polar surface area (TPSA) is 46.5 Å². The molecule has 1 N–H and O–H groups in total. The number of hydrogen-bond donors (Lipinski definition) is 1. The van der Waals surface area contributed by atoms with E-state index >= 15 is 0 Å². The van der Waals surface area contributed by atoms with Gasteiger partial charge in [0.05, 0.1) is 0 Å². The molecule has 0 amide bonds. The van der Waals surface area contributed by atoms with Crippen molar-refractivity contribution in [3.8, 4) is 0 Å². The second-order valence-electron chi connectivity index (χ2n) is 6.77. The molecule has 0 rings (SSSR count). The van der Waals surface area contributed by atoms with Crippen LogP contribution in [0.15, 0.2) is 0 Å². The summed E-state index contributed by atoms with van der Waals surface area (Å²) in [6.07, 6.45) is -18.8. The van der Waals surface area contributed by atoms with E-state index in [-0.39, 0.29) is 6.92 Å². The predicted octanol–water partition coefficient (Wildman–Crippen LogP) is 4.43. The van der Waals surface area contributed by atoms with Gasteiger partial charge in [-0.2, -0.15) is 43.9 Å². The quantitative estimate of drug-likeness (QED) is 0.521. The molecule has 0 aliphatic heterocycles. The highest BCUT2D eigenvalue weighted by Crippen LogP contribution is 2.53. The molecular formula is C13H15F11O3. The fourth-order valence-electron chi connectivity index (χ4n) is 1.85. The third kappa shape index (κ3) is 5.13. The maximum atomic E-state index is 13.8. The molecule has 0 radical (unpaired) electrons. The maximum absolute atomic E-state index is 13.8. The molecule has 3 atom stereocenters. The van der Waals surface area contributed by atoms with E-state index in [4.69, 9.17) is 0 Å². The molecule has 0 saturated heterocycles. The number of aliphatic hydroxyl groups is 1. The van der Waals surface area contributed by atoms with E-state index < -0.39 is 53.5 Å². The van der Waals surface area contributed by atoms with E-state index in [1.807, 2.05) is 0 Å². The zero-order chi connectivity index (χ0) is 22.4. The maximum Gasteiger partial charge on any atom is 0.459 e. The highest BCUT2D eigenvalue weighted by Gasteiger charge is 2.79. The first-order chi connectivity index (χ1) is 11.4. The van der Waals surface area contributed by atoms with Crippen LogP contribution in [0.25, 0.3) is 0 Å². The van der Waals surface area contributed by atoms with Crippen molar-refractivity contribution in [2.75, 3.05) is 0 Å². The number of halogens is 11. The van der Waals surface area contributed by atoms with Gasteiger partial charge in [-0.05, 0) is 27.7 Å². The summed E-state index contributed by atoms with van der Waals surface area (Å²) < 4.78 is 146. The SMILES string of the molecule is CC(C)(C)OC(=O)C(C)(O)C(C(F)C(F)(F)C(F)(F)C(F)(F)F)C(F)(F)F. The Hall–Kier alpha value is -1.34. The average Bonchev–Trinajstić information content (AvgIpc) is 2.32. The summed E-state index contributed by atoms with van der Waals surface area (Å²) in [6.45, 7) is 2.95. The van der Waals surface area contributed by atoms with Crippen LogP contribution in [0.4, 0.5) is 48.3 Å². The highest BCUT2D eigenvalue weighted by molar-refractivity contribution is 5.80. The molecule has 0 aromatic rings. The van der Waals surface area contributed by atoms with Crippen molar-refractivity contribution >= 4 is 5.97 Å². The van der Waals surface area contributed by atoms with Gasteiger partial charge in [0, 0.05) is 0 Å². The number of rotatable bonds is 5. The van der Waals surface area contributed by atoms with Crippen molar-refractivity contribution in [3.05, 3.63) is 0 Å². The molecule has 0 aliphatic carbocycles. The van der Waals surface area contributed by atoms with Gasteiger partial charge in [-0.1, -0.05) is 0 Å². The van der Waals surface area contributed by atoms with Gasteiger partial charge in [0.1, 0.15) is 11.5 Å². The van der Waals surface area contributed by atoms with E-state index in [2.05, 4.69) is 4.74 Å². The fraction of sp³-hybridized carbons (Fsp3) is 0.923. The Morgan fingerprint density at radius 3 is 1.48 bits per heavy atom. The number of carbonyl (C=O) groups is 1. The third-order valence-corrected chi connectivity index (χ3v) is 3.18. The van der Waals surface area contributed by atoms with Gasteiger partial charge in [0.15, 0.2) is 11.8 Å². The smallest absolute Gasteiger partial charge is 0.458 e. The van der Waals surface area contributed by atoms with Crippen molar-refractivity contribution in [2.45, 2.75) is 69.3 Å². The minimum Gasteiger partial charge on any atom is -0.458 e. The molecule has 0 aliphatic rings. The van der Waals surface area contributed by atoms with Gasteiger partial charge >= 0.3 is 30.2 Å². The molecule has 14 heteroatoms. The molecule has 0 heterocycles. The first kappa shape index (κ1) is 25.7. The molecule has 0 aromatic carbocycles. The number of esters is 1. The zero-order valence-electron chi connectivity index (χ0n) is 14.1. The first-order valence-electron chi connectivity index (χ1n) is 6.89. The fourth-order valence-corrected chi connectivity index (χ4v) is 1.85. The number of ether oxygens (including phenoxy) is 1. The molecule has 0 saturated carbocycles. The summed E-state index contributed by atoms with van der Waals surface area (Å²) in [7, 11) is 0. The Bertz CT molecular complexity index is 543. The number of hydrogen-bond acceptors (Lipinski definition) is 3. The van der Waals surface area contributed by atoms with E-state index in [1.165, 1.54) is 0 Å². The van der Waals surface area contributed by atoms with Crippen LogP contribution in [-0.2, 0) is 9.53 Å². The van der Waals surface area contributed by atoms with Crippen molar-refractivity contribution < 1.29 is 62.9 Å². The van der Waals surface area contributed by atoms with Gasteiger partial charge in [-0.3, -0.25) is 0 Å². The van der Waals surface area contributed by atoms with Crippen LogP contribution >= 0.6 is 0 Å². The van der Waals surface area contributed by atoms with Crippen LogP contribution in [-0.4, -0.2) is 52.6 Å². The largest absolute Gasteiger partial charge is 0.459 e. The summed E-state index contributed by atoms with van der Waals surface area (Å²) in [5, 5.41) is 9.65. The van der Waals surface area contributed by atoms with Gasteiger partial charge in [-0.15, -0.1) is 0 Å². The molecule has 0 fully saturated rings. The molecule has 3 unspecified atom stereocenters. The normalized spacial score (nSPS) is 19.3. The van der Waals surface area contributed by atoms with Crippen LogP contribution in [0.2, 0.25) is 0 Å². The Kier molecular flexibility index (Phi) is 6.58. The highest BCUT2D eigenvalue weighted by atomic mass is 19.4. The standard InChI is InChI=1S/C13H15F11O3/c1-8(2,3)27-7(25)9(4,26)5(11(17,18)19)6(14)10(15,16)12(20,21)13(22,23)24/h5-6,26H,1-4H3. The summed E-state index contributed by atoms with van der Waals surface area (Å²) >= 11 is 0. The number of carbonyl (C=O) groups excluding carboxylic acids is 1. The lowest BCUT2D eigenvalue weighted by atomic mass is 9.80. The van der Waals surface area contributed by atoms with Crippen LogP contribution in [0.1, 0.15) is 27.7 Å². The lowest BCUT2D eigenvalue weighted by molar-refractivity contribution is -0.380. The molecule has 0 aromatic heterocycles. The van der Waals surface area contributed by atoms with E-state index in [0.29, 0.717) is 0 Å². The Morgan fingerprint density at radius 1 is 0.852 bits per heavy atom. The van der Waals surface area contributed by atoms with E-state index in [9.17, 15) is 58.2 Å². The Labute approximate surface area is 145 Å². The van der Waals surface area contributed by atoms with Crippen LogP contribution in [0.3, 0.4) is 0 Å². The molecule has 27 heavy (non-hydrogen) atoms. The van der Waals surface area contributed by atoms with Gasteiger partial charge < -0.3 is 9.84 Å². The Morgan fingerprint density at radius 2 is 1.22 bits per heavy atom. The molecule has 0 bridgehead atoms. The summed E-state index contributed by atoms with van der Waals surface area (Å²) in [4.78, 5) is 11.7.